The first-order valence-corrected chi connectivity index (χ1v) is 12.4. The van der Waals surface area contributed by atoms with Crippen molar-refractivity contribution in [2.45, 2.75) is 6.42 Å². The largest absolute Gasteiger partial charge is 0.399 e. The number of hydrogen-bond acceptors (Lipinski definition) is 1. The first kappa shape index (κ1) is 24.3. The molecule has 6 rings (SSSR count). The lowest BCUT2D eigenvalue weighted by Gasteiger charge is -2.06. The average Bonchev–Trinajstić information content (AvgIpc) is 2.91. The Balaban J connectivity index is 0.000000137. The van der Waals surface area contributed by atoms with Gasteiger partial charge in [-0.1, -0.05) is 143 Å². The number of halogens is 1. The van der Waals surface area contributed by atoms with E-state index in [1.807, 2.05) is 42.5 Å². The van der Waals surface area contributed by atoms with Gasteiger partial charge in [0.15, 0.2) is 0 Å². The summed E-state index contributed by atoms with van der Waals surface area (Å²) in [5.41, 5.74) is 8.94. The van der Waals surface area contributed by atoms with Gasteiger partial charge in [0.1, 0.15) is 0 Å². The Morgan fingerprint density at radius 1 is 0.457 bits per heavy atom. The van der Waals surface area contributed by atoms with Crippen molar-refractivity contribution in [2.75, 3.05) is 5.73 Å². The summed E-state index contributed by atoms with van der Waals surface area (Å²) in [6.45, 7) is 0. The molecule has 0 spiro atoms. The number of fused-ring (bicyclic) bond motifs is 2. The molecule has 0 aromatic heterocycles. The summed E-state index contributed by atoms with van der Waals surface area (Å²) in [7, 11) is 0. The molecule has 172 valence electrons. The number of para-hydroxylation sites is 1. The Morgan fingerprint density at radius 3 is 1.54 bits per heavy atom. The van der Waals surface area contributed by atoms with E-state index >= 15 is 0 Å². The summed E-state index contributed by atoms with van der Waals surface area (Å²) in [5.74, 6) is 0. The molecule has 2 N–H and O–H groups in total. The number of rotatable bonds is 2. The van der Waals surface area contributed by atoms with Gasteiger partial charge >= 0.3 is 0 Å². The molecule has 1 nitrogen and oxygen atoms in total. The predicted molar refractivity (Wildman–Crippen MR) is 156 cm³/mol. The lowest BCUT2D eigenvalue weighted by Crippen LogP contribution is -1.89. The molecule has 0 bridgehead atoms. The van der Waals surface area contributed by atoms with Crippen molar-refractivity contribution in [1.29, 1.82) is 0 Å². The van der Waals surface area contributed by atoms with Crippen molar-refractivity contribution in [1.82, 2.24) is 0 Å². The Bertz CT molecular complexity index is 1470. The number of benzene rings is 6. The minimum Gasteiger partial charge on any atom is -0.399 e. The van der Waals surface area contributed by atoms with E-state index in [-0.39, 0.29) is 0 Å². The van der Waals surface area contributed by atoms with Crippen molar-refractivity contribution in [2.24, 2.45) is 0 Å². The summed E-state index contributed by atoms with van der Waals surface area (Å²) in [6, 6.07) is 49.7. The van der Waals surface area contributed by atoms with Gasteiger partial charge in [-0.05, 0) is 57.3 Å². The van der Waals surface area contributed by atoms with Gasteiger partial charge in [0.2, 0.25) is 0 Å². The van der Waals surface area contributed by atoms with Gasteiger partial charge < -0.3 is 5.73 Å². The molecule has 6 aromatic carbocycles. The van der Waals surface area contributed by atoms with Crippen LogP contribution >= 0.6 is 15.9 Å². The molecule has 0 unspecified atom stereocenters. The van der Waals surface area contributed by atoms with Gasteiger partial charge in [-0.2, -0.15) is 0 Å². The van der Waals surface area contributed by atoms with E-state index in [2.05, 4.69) is 119 Å². The molecule has 0 saturated carbocycles. The molecule has 35 heavy (non-hydrogen) atoms. The zero-order valence-electron chi connectivity index (χ0n) is 19.5. The Hall–Kier alpha value is -3.88. The van der Waals surface area contributed by atoms with Crippen LogP contribution in [0.1, 0.15) is 11.1 Å². The number of hydrogen-bond donors (Lipinski definition) is 1. The van der Waals surface area contributed by atoms with E-state index in [9.17, 15) is 0 Å². The molecule has 0 amide bonds. The first-order valence-electron chi connectivity index (χ1n) is 11.6. The molecular formula is C33H28BrN. The lowest BCUT2D eigenvalue weighted by atomic mass is 9.99. The molecule has 0 aliphatic heterocycles. The second-order valence-corrected chi connectivity index (χ2v) is 9.03. The van der Waals surface area contributed by atoms with Crippen molar-refractivity contribution < 1.29 is 0 Å². The van der Waals surface area contributed by atoms with Crippen LogP contribution in [0.25, 0.3) is 21.5 Å². The fraction of sp³-hybridized carbons (Fsp3) is 0.0303. The third-order valence-electron chi connectivity index (χ3n) is 5.65. The highest BCUT2D eigenvalue weighted by Crippen LogP contribution is 2.23. The molecule has 0 saturated heterocycles. The van der Waals surface area contributed by atoms with Crippen LogP contribution in [-0.4, -0.2) is 0 Å². The second kappa shape index (κ2) is 12.5. The van der Waals surface area contributed by atoms with Crippen LogP contribution in [0.2, 0.25) is 0 Å². The van der Waals surface area contributed by atoms with Crippen LogP contribution in [0.15, 0.2) is 150 Å². The maximum absolute atomic E-state index is 5.36. The van der Waals surface area contributed by atoms with E-state index in [4.69, 9.17) is 5.73 Å². The Kier molecular flexibility index (Phi) is 8.69. The standard InChI is InChI=1S/C17H14.C10H7Br.C6H7N/c1-2-7-14(8-3-1)13-16-11-6-10-15-9-4-5-12-17(15)16;11-10-7-3-5-8-4-1-2-6-9(8)10;7-6-4-2-1-3-5-6/h1-12H,13H2;1-7H;1-5H,7H2. The minimum absolute atomic E-state index is 0.822. The fourth-order valence-corrected chi connectivity index (χ4v) is 4.42. The van der Waals surface area contributed by atoms with Gasteiger partial charge in [0, 0.05) is 10.2 Å². The van der Waals surface area contributed by atoms with Crippen LogP contribution in [0.3, 0.4) is 0 Å². The van der Waals surface area contributed by atoms with Crippen LogP contribution in [-0.2, 0) is 6.42 Å². The molecular weight excluding hydrogens is 490 g/mol. The monoisotopic (exact) mass is 517 g/mol. The fourth-order valence-electron chi connectivity index (χ4n) is 3.90. The van der Waals surface area contributed by atoms with Crippen LogP contribution in [0, 0.1) is 0 Å². The Labute approximate surface area is 216 Å². The summed E-state index contributed by atoms with van der Waals surface area (Å²) >= 11 is 3.50. The van der Waals surface area contributed by atoms with Crippen LogP contribution in [0.4, 0.5) is 5.69 Å². The molecule has 6 aromatic rings. The molecule has 2 heteroatoms. The number of nitrogens with two attached hydrogens (primary N) is 1. The average molecular weight is 518 g/mol. The smallest absolute Gasteiger partial charge is 0.0313 e. The number of anilines is 1. The van der Waals surface area contributed by atoms with Crippen LogP contribution < -0.4 is 5.73 Å². The van der Waals surface area contributed by atoms with E-state index in [1.54, 1.807) is 0 Å². The Morgan fingerprint density at radius 2 is 0.943 bits per heavy atom. The van der Waals surface area contributed by atoms with Gasteiger partial charge in [-0.25, -0.2) is 0 Å². The first-order chi connectivity index (χ1) is 17.2. The van der Waals surface area contributed by atoms with Crippen molar-refractivity contribution in [3.05, 3.63) is 161 Å². The lowest BCUT2D eigenvalue weighted by molar-refractivity contribution is 1.21. The van der Waals surface area contributed by atoms with Crippen molar-refractivity contribution in [3.63, 3.8) is 0 Å². The van der Waals surface area contributed by atoms with E-state index in [1.165, 1.54) is 32.7 Å². The zero-order valence-corrected chi connectivity index (χ0v) is 21.1. The van der Waals surface area contributed by atoms with Crippen LogP contribution in [0.5, 0.6) is 0 Å². The molecule has 0 aliphatic carbocycles. The maximum atomic E-state index is 5.36. The number of nitrogen functional groups attached to an aromatic ring is 1. The molecule has 0 aliphatic rings. The quantitative estimate of drug-likeness (QED) is 0.227. The van der Waals surface area contributed by atoms with Gasteiger partial charge in [0.25, 0.3) is 0 Å². The van der Waals surface area contributed by atoms with Gasteiger partial charge in [-0.3, -0.25) is 0 Å². The van der Waals surface area contributed by atoms with E-state index in [0.29, 0.717) is 0 Å². The second-order valence-electron chi connectivity index (χ2n) is 8.17. The topological polar surface area (TPSA) is 26.0 Å². The van der Waals surface area contributed by atoms with E-state index < -0.39 is 0 Å². The third kappa shape index (κ3) is 7.05. The molecule has 0 heterocycles. The summed E-state index contributed by atoms with van der Waals surface area (Å²) in [6.07, 6.45) is 1.00. The normalized spacial score (nSPS) is 10.1. The van der Waals surface area contributed by atoms with Crippen molar-refractivity contribution >= 4 is 43.2 Å². The minimum atomic E-state index is 0.822. The van der Waals surface area contributed by atoms with E-state index in [0.717, 1.165) is 16.6 Å². The summed E-state index contributed by atoms with van der Waals surface area (Å²) in [4.78, 5) is 0. The zero-order chi connectivity index (χ0) is 24.3. The van der Waals surface area contributed by atoms with Gasteiger partial charge in [0.05, 0.1) is 0 Å². The molecule has 0 fully saturated rings. The highest BCUT2D eigenvalue weighted by atomic mass is 79.9. The third-order valence-corrected chi connectivity index (χ3v) is 6.34. The highest BCUT2D eigenvalue weighted by Gasteiger charge is 2.01. The predicted octanol–water partition coefficient (Wildman–Crippen LogP) is 9.30. The van der Waals surface area contributed by atoms with Gasteiger partial charge in [-0.15, -0.1) is 0 Å². The molecule has 0 radical (unpaired) electrons. The highest BCUT2D eigenvalue weighted by molar-refractivity contribution is 9.10. The SMILES string of the molecule is Brc1cccc2ccccc12.Nc1ccccc1.c1ccc(Cc2cccc3ccccc23)cc1. The summed E-state index contributed by atoms with van der Waals surface area (Å²) in [5, 5.41) is 5.23. The van der Waals surface area contributed by atoms with Crippen molar-refractivity contribution in [3.8, 4) is 0 Å². The molecule has 0 atom stereocenters. The summed E-state index contributed by atoms with van der Waals surface area (Å²) < 4.78 is 1.16. The maximum Gasteiger partial charge on any atom is 0.0313 e.